The zero-order valence-electron chi connectivity index (χ0n) is 55.0. The van der Waals surface area contributed by atoms with Gasteiger partial charge in [0, 0.05) is 63.4 Å². The zero-order chi connectivity index (χ0) is 74.9. The van der Waals surface area contributed by atoms with E-state index in [0.717, 1.165) is 39.0 Å². The highest BCUT2D eigenvalue weighted by atomic mass is 19.4. The molecular weight excluding hydrogens is 1390 g/mol. The summed E-state index contributed by atoms with van der Waals surface area (Å²) < 4.78 is 93.5. The summed E-state index contributed by atoms with van der Waals surface area (Å²) in [7, 11) is 0. The SMILES string of the molecule is C#Cc1cccc(NC(=O)c2cc(N3C(=O)C4C5C=CC(C6C(=O)N(c7cccc(C#C)c7)C(=O)C56)C4C3=O)cc(N3C(=O)C4C5C=CC(C4C3=O)C3C(=O)N(c4ccc(-c6ccc(N7C(=O)C8C9C=CC(C%10C(=O)N(c%11cccc(C#C)c%11)C(=O)C9%10)C8C7=O)cc6C(F)(F)F)c(C(F)(F)F)c4)C(=O)C53)c2)c1. The van der Waals surface area contributed by atoms with Crippen molar-refractivity contribution in [1.29, 1.82) is 0 Å². The van der Waals surface area contributed by atoms with Crippen molar-refractivity contribution in [2.75, 3.05) is 34.7 Å². The minimum atomic E-state index is -5.52. The fourth-order valence-corrected chi connectivity index (χ4v) is 19.8. The van der Waals surface area contributed by atoms with E-state index in [0.29, 0.717) is 55.7 Å². The monoisotopic (exact) mass is 1440 g/mol. The first kappa shape index (κ1) is 66.1. The van der Waals surface area contributed by atoms with Crippen molar-refractivity contribution in [3.8, 4) is 48.2 Å². The van der Waals surface area contributed by atoms with Gasteiger partial charge in [0.25, 0.3) is 5.91 Å². The van der Waals surface area contributed by atoms with E-state index in [1.807, 2.05) is 0 Å². The molecule has 0 spiro atoms. The van der Waals surface area contributed by atoms with Crippen LogP contribution in [0.25, 0.3) is 11.1 Å². The molecule has 20 nitrogen and oxygen atoms in total. The second-order valence-corrected chi connectivity index (χ2v) is 28.8. The van der Waals surface area contributed by atoms with E-state index in [2.05, 4.69) is 23.1 Å². The first-order valence-electron chi connectivity index (χ1n) is 34.1. The minimum Gasteiger partial charge on any atom is -0.322 e. The fourth-order valence-electron chi connectivity index (χ4n) is 19.8. The molecular formula is C81H49F6N7O13. The molecule has 6 saturated heterocycles. The Morgan fingerprint density at radius 3 is 0.832 bits per heavy atom. The van der Waals surface area contributed by atoms with E-state index in [1.54, 1.807) is 42.5 Å². The van der Waals surface area contributed by atoms with Gasteiger partial charge in [-0.1, -0.05) is 84.5 Å². The topological polar surface area (TPSA) is 253 Å². The van der Waals surface area contributed by atoms with E-state index in [9.17, 15) is 43.2 Å². The molecule has 3 saturated carbocycles. The Balaban J connectivity index is 0.635. The van der Waals surface area contributed by atoms with Crippen LogP contribution >= 0.6 is 0 Å². The summed E-state index contributed by atoms with van der Waals surface area (Å²) in [5.74, 6) is -26.0. The molecule has 6 aliphatic heterocycles. The van der Waals surface area contributed by atoms with E-state index < -0.39 is 229 Å². The van der Waals surface area contributed by atoms with Gasteiger partial charge in [0.05, 0.1) is 116 Å². The van der Waals surface area contributed by atoms with Gasteiger partial charge in [-0.25, -0.2) is 19.6 Å². The van der Waals surface area contributed by atoms with E-state index in [-0.39, 0.29) is 34.0 Å². The van der Waals surface area contributed by atoms with E-state index in [4.69, 9.17) is 19.3 Å². The Kier molecular flexibility index (Phi) is 14.1. The second kappa shape index (κ2) is 22.8. The number of nitrogens with one attached hydrogen (secondary N) is 1. The molecule has 107 heavy (non-hydrogen) atoms. The molecule has 0 radical (unpaired) electrons. The molecule has 18 unspecified atom stereocenters. The molecule has 0 aromatic heterocycles. The number of nitrogens with zero attached hydrogens (tertiary/aromatic N) is 6. The Bertz CT molecular complexity index is 5390. The summed E-state index contributed by atoms with van der Waals surface area (Å²) in [6.45, 7) is 0. The molecule has 6 aromatic carbocycles. The number of imide groups is 6. The van der Waals surface area contributed by atoms with Crippen LogP contribution in [0.15, 0.2) is 164 Å². The lowest BCUT2D eigenvalue weighted by atomic mass is 9.54. The Labute approximate surface area is 601 Å². The highest BCUT2D eigenvalue weighted by Crippen LogP contribution is 2.63. The average Bonchev–Trinajstić information content (AvgIpc) is 1.55. The quantitative estimate of drug-likeness (QED) is 0.0616. The van der Waals surface area contributed by atoms with Gasteiger partial charge in [-0.15, -0.1) is 19.3 Å². The standard InChI is InChI=1S/C81H49F6N7O13/c1-4-34-10-7-13-38(26-34)88-67(95)37-29-43(93-76(104)63-49-22-23-50(64(63)77(93)105)58-57(49)70(98)90(71(58)99)40-15-9-12-36(6-3)28-40)31-44(30-37)94-78(106)65-51-24-25-52(66(65)79(94)107)62-61(51)74(102)92(75(62)103)42-17-19-46(54(33-42)81(85,86)87)45-18-16-41(32-53(45)80(82,83)84)91-72(100)59-47-20-21-48(60(59)73(91)101)56-55(47)68(96)89(69(56)97)39-14-8-11-35(5-2)27-39/h1-3,7-33,47-52,55-66H,(H,88,95). The van der Waals surface area contributed by atoms with Gasteiger partial charge < -0.3 is 5.32 Å². The zero-order valence-corrected chi connectivity index (χ0v) is 55.0. The number of hydrogen-bond acceptors (Lipinski definition) is 13. The predicted octanol–water partition coefficient (Wildman–Crippen LogP) is 8.77. The molecule has 26 heteroatoms. The molecule has 9 fully saturated rings. The lowest BCUT2D eigenvalue weighted by molar-refractivity contribution is -0.139. The maximum absolute atomic E-state index is 15.6. The molecule has 9 aliphatic carbocycles. The minimum absolute atomic E-state index is 0.160. The largest absolute Gasteiger partial charge is 0.417 e. The van der Waals surface area contributed by atoms with Crippen molar-refractivity contribution in [3.63, 3.8) is 0 Å². The Morgan fingerprint density at radius 2 is 0.561 bits per heavy atom. The lowest BCUT2D eigenvalue weighted by Crippen LogP contribution is -2.50. The molecule has 1 N–H and O–H groups in total. The van der Waals surface area contributed by atoms with Crippen LogP contribution in [0.3, 0.4) is 0 Å². The first-order chi connectivity index (χ1) is 51.1. The normalized spacial score (nSPS) is 30.9. The van der Waals surface area contributed by atoms with Crippen LogP contribution in [-0.4, -0.2) is 76.8 Å². The number of carbonyl (C=O) groups excluding carboxylic acids is 13. The molecule has 6 aromatic rings. The van der Waals surface area contributed by atoms with E-state index in [1.165, 1.54) is 72.8 Å². The number of anilines is 7. The highest BCUT2D eigenvalue weighted by Gasteiger charge is 2.73. The number of allylic oxidation sites excluding steroid dienone is 6. The molecule has 18 atom stereocenters. The number of hydrogen-bond donors (Lipinski definition) is 1. The van der Waals surface area contributed by atoms with Crippen molar-refractivity contribution in [2.24, 2.45) is 107 Å². The molecule has 13 amide bonds. The third kappa shape index (κ3) is 9.06. The number of rotatable bonds is 9. The third-order valence-corrected chi connectivity index (χ3v) is 24.0. The number of amides is 13. The summed E-state index contributed by atoms with van der Waals surface area (Å²) >= 11 is 0. The van der Waals surface area contributed by atoms with Crippen LogP contribution in [0.2, 0.25) is 0 Å². The average molecular weight is 1440 g/mol. The molecule has 528 valence electrons. The van der Waals surface area contributed by atoms with Crippen LogP contribution in [0.4, 0.5) is 66.2 Å². The molecule has 6 bridgehead atoms. The summed E-state index contributed by atoms with van der Waals surface area (Å²) in [5.41, 5.74) is -6.38. The maximum atomic E-state index is 15.6. The number of terminal acetylenes is 3. The third-order valence-electron chi connectivity index (χ3n) is 24.0. The summed E-state index contributed by atoms with van der Waals surface area (Å²) in [6, 6.07) is 25.5. The van der Waals surface area contributed by atoms with Crippen LogP contribution < -0.4 is 34.7 Å². The Hall–Kier alpha value is -12.9. The summed E-state index contributed by atoms with van der Waals surface area (Å²) in [4.78, 5) is 196. The van der Waals surface area contributed by atoms with Gasteiger partial charge in [0.1, 0.15) is 0 Å². The van der Waals surface area contributed by atoms with Crippen LogP contribution in [0.1, 0.15) is 38.2 Å². The molecule has 6 heterocycles. The smallest absolute Gasteiger partial charge is 0.322 e. The number of benzene rings is 6. The van der Waals surface area contributed by atoms with Crippen LogP contribution in [-0.2, 0) is 69.9 Å². The fraction of sp³-hybridized carbons (Fsp3) is 0.247. The van der Waals surface area contributed by atoms with Gasteiger partial charge in [-0.3, -0.25) is 72.1 Å². The Morgan fingerprint density at radius 1 is 0.308 bits per heavy atom. The number of halogens is 6. The van der Waals surface area contributed by atoms with Gasteiger partial charge in [-0.05, 0) is 108 Å². The van der Waals surface area contributed by atoms with Gasteiger partial charge in [-0.2, -0.15) is 26.3 Å². The van der Waals surface area contributed by atoms with Crippen molar-refractivity contribution >= 4 is 117 Å². The van der Waals surface area contributed by atoms with Crippen LogP contribution in [0, 0.1) is 144 Å². The first-order valence-corrected chi connectivity index (χ1v) is 34.1. The number of alkyl halides is 6. The lowest BCUT2D eigenvalue weighted by Gasteiger charge is -2.44. The van der Waals surface area contributed by atoms with Crippen molar-refractivity contribution < 1.29 is 88.7 Å². The van der Waals surface area contributed by atoms with Gasteiger partial charge >= 0.3 is 12.4 Å². The molecule has 21 rings (SSSR count). The number of carbonyl (C=O) groups is 13. The van der Waals surface area contributed by atoms with Gasteiger partial charge in [0.15, 0.2) is 0 Å². The predicted molar refractivity (Wildman–Crippen MR) is 365 cm³/mol. The van der Waals surface area contributed by atoms with Crippen molar-refractivity contribution in [2.45, 2.75) is 12.4 Å². The van der Waals surface area contributed by atoms with Gasteiger partial charge in [0.2, 0.25) is 70.9 Å². The van der Waals surface area contributed by atoms with Crippen LogP contribution in [0.5, 0.6) is 0 Å². The summed E-state index contributed by atoms with van der Waals surface area (Å²) in [5, 5.41) is 2.70. The summed E-state index contributed by atoms with van der Waals surface area (Å²) in [6.07, 6.45) is 15.0. The highest BCUT2D eigenvalue weighted by molar-refractivity contribution is 6.30. The van der Waals surface area contributed by atoms with E-state index >= 15 is 45.5 Å². The maximum Gasteiger partial charge on any atom is 0.417 e. The second-order valence-electron chi connectivity index (χ2n) is 28.8. The van der Waals surface area contributed by atoms with Crippen molar-refractivity contribution in [3.05, 3.63) is 197 Å². The molecule has 15 aliphatic rings. The van der Waals surface area contributed by atoms with Crippen molar-refractivity contribution in [1.82, 2.24) is 0 Å².